The molecule has 0 radical (unpaired) electrons. The summed E-state index contributed by atoms with van der Waals surface area (Å²) in [6.07, 6.45) is 1.12. The average Bonchev–Trinajstić information content (AvgIpc) is 3.18. The van der Waals surface area contributed by atoms with E-state index in [1.807, 2.05) is 77.4 Å². The van der Waals surface area contributed by atoms with Crippen LogP contribution in [0.15, 0.2) is 95.7 Å². The van der Waals surface area contributed by atoms with Gasteiger partial charge in [0.15, 0.2) is 0 Å². The predicted octanol–water partition coefficient (Wildman–Crippen LogP) is 5.42. The molecule has 0 bridgehead atoms. The van der Waals surface area contributed by atoms with Crippen LogP contribution < -0.4 is 4.74 Å². The van der Waals surface area contributed by atoms with E-state index in [1.54, 1.807) is 6.33 Å². The molecule has 0 saturated heterocycles. The minimum absolute atomic E-state index is 0.203. The molecule has 0 aliphatic carbocycles. The zero-order valence-electron chi connectivity index (χ0n) is 15.8. The number of aromatic nitrogens is 2. The number of aliphatic hydroxyl groups is 1. The Labute approximate surface area is 178 Å². The highest BCUT2D eigenvalue weighted by Gasteiger charge is 2.17. The molecular weight excluding hydrogens is 428 g/mol. The molecule has 4 nitrogen and oxygen atoms in total. The molecule has 146 valence electrons. The molecule has 1 N–H and O–H groups in total. The van der Waals surface area contributed by atoms with Gasteiger partial charge in [-0.05, 0) is 24.3 Å². The maximum Gasteiger partial charge on any atom is 0.119 e. The average molecular weight is 449 g/mol. The fourth-order valence-electron chi connectivity index (χ4n) is 3.23. The smallest absolute Gasteiger partial charge is 0.119 e. The van der Waals surface area contributed by atoms with Crippen molar-refractivity contribution in [2.45, 2.75) is 12.6 Å². The third-order valence-electron chi connectivity index (χ3n) is 4.60. The molecule has 0 amide bonds. The first-order valence-corrected chi connectivity index (χ1v) is 10.2. The lowest BCUT2D eigenvalue weighted by atomic mass is 10.0. The normalized spacial score (nSPS) is 11.9. The molecule has 5 heteroatoms. The molecule has 0 fully saturated rings. The van der Waals surface area contributed by atoms with Gasteiger partial charge < -0.3 is 14.4 Å². The Morgan fingerprint density at radius 1 is 0.862 bits per heavy atom. The highest BCUT2D eigenvalue weighted by atomic mass is 79.9. The van der Waals surface area contributed by atoms with Gasteiger partial charge in [-0.25, -0.2) is 4.98 Å². The zero-order chi connectivity index (χ0) is 20.1. The minimum Gasteiger partial charge on any atom is -0.491 e. The molecule has 4 aromatic rings. The van der Waals surface area contributed by atoms with Gasteiger partial charge in [0.1, 0.15) is 18.5 Å². The number of nitrogens with zero attached hydrogens (tertiary/aromatic N) is 2. The number of ether oxygens (including phenoxy) is 1. The Bertz CT molecular complexity index is 1050. The Balaban J connectivity index is 1.57. The van der Waals surface area contributed by atoms with Crippen LogP contribution in [0.5, 0.6) is 5.75 Å². The molecule has 1 unspecified atom stereocenters. The van der Waals surface area contributed by atoms with Crippen molar-refractivity contribution in [1.82, 2.24) is 9.55 Å². The SMILES string of the molecule is OC(COc1ccc(Br)cc1)Cn1cnc(-c2ccccc2)c1-c1ccccc1. The first-order chi connectivity index (χ1) is 14.2. The quantitative estimate of drug-likeness (QED) is 0.410. The second-order valence-electron chi connectivity index (χ2n) is 6.74. The summed E-state index contributed by atoms with van der Waals surface area (Å²) in [4.78, 5) is 4.65. The fraction of sp³-hybridized carbons (Fsp3) is 0.125. The Morgan fingerprint density at radius 3 is 2.14 bits per heavy atom. The van der Waals surface area contributed by atoms with Gasteiger partial charge in [-0.2, -0.15) is 0 Å². The molecule has 1 aromatic heterocycles. The summed E-state index contributed by atoms with van der Waals surface area (Å²) in [7, 11) is 0. The van der Waals surface area contributed by atoms with Crippen LogP contribution in [0.4, 0.5) is 0 Å². The molecule has 1 atom stereocenters. The van der Waals surface area contributed by atoms with E-state index in [0.29, 0.717) is 6.54 Å². The number of imidazole rings is 1. The van der Waals surface area contributed by atoms with E-state index in [2.05, 4.69) is 33.0 Å². The second kappa shape index (κ2) is 9.07. The van der Waals surface area contributed by atoms with Crippen LogP contribution in [-0.2, 0) is 6.54 Å². The van der Waals surface area contributed by atoms with Gasteiger partial charge in [0.25, 0.3) is 0 Å². The van der Waals surface area contributed by atoms with E-state index >= 15 is 0 Å². The molecule has 4 rings (SSSR count). The molecular formula is C24H21BrN2O2. The van der Waals surface area contributed by atoms with E-state index < -0.39 is 6.10 Å². The van der Waals surface area contributed by atoms with Gasteiger partial charge in [-0.3, -0.25) is 0 Å². The zero-order valence-corrected chi connectivity index (χ0v) is 17.4. The molecule has 3 aromatic carbocycles. The first kappa shape index (κ1) is 19.4. The highest BCUT2D eigenvalue weighted by Crippen LogP contribution is 2.31. The van der Waals surface area contributed by atoms with Gasteiger partial charge in [0, 0.05) is 15.6 Å². The molecule has 0 saturated carbocycles. The summed E-state index contributed by atoms with van der Waals surface area (Å²) >= 11 is 3.41. The van der Waals surface area contributed by atoms with Crippen molar-refractivity contribution >= 4 is 15.9 Å². The van der Waals surface area contributed by atoms with Crippen LogP contribution >= 0.6 is 15.9 Å². The van der Waals surface area contributed by atoms with Crippen molar-refractivity contribution in [3.05, 3.63) is 95.7 Å². The number of aliphatic hydroxyl groups excluding tert-OH is 1. The predicted molar refractivity (Wildman–Crippen MR) is 119 cm³/mol. The largest absolute Gasteiger partial charge is 0.491 e. The second-order valence-corrected chi connectivity index (χ2v) is 7.66. The maximum atomic E-state index is 10.6. The lowest BCUT2D eigenvalue weighted by Crippen LogP contribution is -2.23. The van der Waals surface area contributed by atoms with Crippen molar-refractivity contribution in [1.29, 1.82) is 0 Å². The van der Waals surface area contributed by atoms with E-state index in [0.717, 1.165) is 32.7 Å². The third-order valence-corrected chi connectivity index (χ3v) is 5.12. The van der Waals surface area contributed by atoms with E-state index in [1.165, 1.54) is 0 Å². The van der Waals surface area contributed by atoms with Crippen molar-refractivity contribution in [2.24, 2.45) is 0 Å². The maximum absolute atomic E-state index is 10.6. The highest BCUT2D eigenvalue weighted by molar-refractivity contribution is 9.10. The third kappa shape index (κ3) is 4.75. The molecule has 29 heavy (non-hydrogen) atoms. The van der Waals surface area contributed by atoms with E-state index in [-0.39, 0.29) is 6.61 Å². The summed E-state index contributed by atoms with van der Waals surface area (Å²) in [5, 5.41) is 10.6. The van der Waals surface area contributed by atoms with Crippen LogP contribution in [0, 0.1) is 0 Å². The summed E-state index contributed by atoms with van der Waals surface area (Å²) < 4.78 is 8.71. The molecule has 0 aliphatic heterocycles. The van der Waals surface area contributed by atoms with Crippen LogP contribution in [0.3, 0.4) is 0 Å². The van der Waals surface area contributed by atoms with Crippen LogP contribution in [0.25, 0.3) is 22.5 Å². The van der Waals surface area contributed by atoms with Crippen molar-refractivity contribution < 1.29 is 9.84 Å². The summed E-state index contributed by atoms with van der Waals surface area (Å²) in [5.74, 6) is 0.728. The van der Waals surface area contributed by atoms with Crippen LogP contribution in [0.1, 0.15) is 0 Å². The van der Waals surface area contributed by atoms with Crippen molar-refractivity contribution in [3.63, 3.8) is 0 Å². The lowest BCUT2D eigenvalue weighted by molar-refractivity contribution is 0.0928. The Hall–Kier alpha value is -2.89. The van der Waals surface area contributed by atoms with Gasteiger partial charge >= 0.3 is 0 Å². The Kier molecular flexibility index (Phi) is 6.08. The number of hydrogen-bond donors (Lipinski definition) is 1. The standard InChI is InChI=1S/C24H21BrN2O2/c25-20-11-13-22(14-12-20)29-16-21(28)15-27-17-26-23(18-7-3-1-4-8-18)24(27)19-9-5-2-6-10-19/h1-14,17,21,28H,15-16H2. The van der Waals surface area contributed by atoms with Crippen molar-refractivity contribution in [3.8, 4) is 28.3 Å². The summed E-state index contributed by atoms with van der Waals surface area (Å²) in [5.41, 5.74) is 3.99. The monoisotopic (exact) mass is 448 g/mol. The fourth-order valence-corrected chi connectivity index (χ4v) is 3.49. The first-order valence-electron chi connectivity index (χ1n) is 9.43. The lowest BCUT2D eigenvalue weighted by Gasteiger charge is -2.16. The summed E-state index contributed by atoms with van der Waals surface area (Å²) in [6.45, 7) is 0.593. The van der Waals surface area contributed by atoms with Crippen LogP contribution in [-0.4, -0.2) is 27.4 Å². The van der Waals surface area contributed by atoms with Gasteiger partial charge in [0.05, 0.1) is 24.3 Å². The minimum atomic E-state index is -0.668. The Morgan fingerprint density at radius 2 is 1.48 bits per heavy atom. The number of halogens is 1. The van der Waals surface area contributed by atoms with E-state index in [4.69, 9.17) is 4.74 Å². The topological polar surface area (TPSA) is 47.3 Å². The number of hydrogen-bond acceptors (Lipinski definition) is 3. The van der Waals surface area contributed by atoms with E-state index in [9.17, 15) is 5.11 Å². The molecule has 0 spiro atoms. The number of benzene rings is 3. The van der Waals surface area contributed by atoms with Gasteiger partial charge in [-0.15, -0.1) is 0 Å². The van der Waals surface area contributed by atoms with Gasteiger partial charge in [-0.1, -0.05) is 76.6 Å². The van der Waals surface area contributed by atoms with Crippen LogP contribution in [0.2, 0.25) is 0 Å². The van der Waals surface area contributed by atoms with Gasteiger partial charge in [0.2, 0.25) is 0 Å². The molecule has 1 heterocycles. The molecule has 0 aliphatic rings. The number of rotatable bonds is 7. The summed E-state index contributed by atoms with van der Waals surface area (Å²) in [6, 6.07) is 27.8. The van der Waals surface area contributed by atoms with Crippen molar-refractivity contribution in [2.75, 3.05) is 6.61 Å².